The normalized spacial score (nSPS) is 14.4. The first kappa shape index (κ1) is 14.6. The molecule has 0 N–H and O–H groups in total. The number of carbonyl (C=O) groups is 1. The van der Waals surface area contributed by atoms with E-state index in [4.69, 9.17) is 4.52 Å². The zero-order chi connectivity index (χ0) is 16.4. The van der Waals surface area contributed by atoms with E-state index in [2.05, 4.69) is 15.1 Å². The molecule has 6 heteroatoms. The zero-order valence-corrected chi connectivity index (χ0v) is 13.0. The molecular formula is C18H16N4O2. The monoisotopic (exact) mass is 320 g/mol. The van der Waals surface area contributed by atoms with Gasteiger partial charge in [-0.3, -0.25) is 9.78 Å². The first-order chi connectivity index (χ1) is 11.8. The minimum absolute atomic E-state index is 0.106. The predicted octanol–water partition coefficient (Wildman–Crippen LogP) is 2.30. The van der Waals surface area contributed by atoms with E-state index >= 15 is 0 Å². The molecule has 0 atom stereocenters. The number of nitrogens with zero attached hydrogens (tertiary/aromatic N) is 4. The summed E-state index contributed by atoms with van der Waals surface area (Å²) in [5.41, 5.74) is 1.71. The van der Waals surface area contributed by atoms with Gasteiger partial charge in [-0.2, -0.15) is 4.98 Å². The highest BCUT2D eigenvalue weighted by molar-refractivity contribution is 5.79. The van der Waals surface area contributed by atoms with Crippen LogP contribution in [-0.2, 0) is 11.2 Å². The molecule has 0 aliphatic carbocycles. The van der Waals surface area contributed by atoms with Crippen molar-refractivity contribution >= 4 is 5.91 Å². The minimum atomic E-state index is 0.106. The van der Waals surface area contributed by atoms with Crippen LogP contribution < -0.4 is 0 Å². The fourth-order valence-electron chi connectivity index (χ4n) is 2.72. The second-order valence-corrected chi connectivity index (χ2v) is 5.83. The molecule has 0 bridgehead atoms. The smallest absolute Gasteiger partial charge is 0.233 e. The van der Waals surface area contributed by atoms with Crippen LogP contribution in [0.4, 0.5) is 0 Å². The molecule has 120 valence electrons. The lowest BCUT2D eigenvalue weighted by molar-refractivity contribution is -0.135. The third-order valence-corrected chi connectivity index (χ3v) is 4.12. The summed E-state index contributed by atoms with van der Waals surface area (Å²) in [4.78, 5) is 22.7. The van der Waals surface area contributed by atoms with Crippen LogP contribution >= 0.6 is 0 Å². The molecule has 1 aliphatic heterocycles. The standard InChI is InChI=1S/C18H16N4O2/c23-16(10-13-6-2-1-3-7-13)22-11-14(12-22)18-20-17(21-24-18)15-8-4-5-9-19-15/h1-9,14H,10-12H2. The van der Waals surface area contributed by atoms with Crippen molar-refractivity contribution in [2.75, 3.05) is 13.1 Å². The lowest BCUT2D eigenvalue weighted by atomic mass is 9.99. The molecule has 1 aromatic carbocycles. The van der Waals surface area contributed by atoms with E-state index in [1.165, 1.54) is 0 Å². The maximum atomic E-state index is 12.2. The van der Waals surface area contributed by atoms with Gasteiger partial charge in [0.25, 0.3) is 0 Å². The van der Waals surface area contributed by atoms with E-state index < -0.39 is 0 Å². The van der Waals surface area contributed by atoms with Gasteiger partial charge in [0, 0.05) is 19.3 Å². The first-order valence-electron chi connectivity index (χ1n) is 7.86. The number of aromatic nitrogens is 3. The highest BCUT2D eigenvalue weighted by atomic mass is 16.5. The van der Waals surface area contributed by atoms with Crippen molar-refractivity contribution in [1.82, 2.24) is 20.0 Å². The van der Waals surface area contributed by atoms with E-state index in [0.717, 1.165) is 5.56 Å². The van der Waals surface area contributed by atoms with Crippen LogP contribution in [-0.4, -0.2) is 39.0 Å². The average molecular weight is 320 g/mol. The average Bonchev–Trinajstić information content (AvgIpc) is 3.05. The Bertz CT molecular complexity index is 826. The molecule has 3 heterocycles. The lowest BCUT2D eigenvalue weighted by Gasteiger charge is -2.37. The third-order valence-electron chi connectivity index (χ3n) is 4.12. The van der Waals surface area contributed by atoms with Gasteiger partial charge in [0.2, 0.25) is 17.6 Å². The number of hydrogen-bond donors (Lipinski definition) is 0. The highest BCUT2D eigenvalue weighted by Gasteiger charge is 2.35. The Hall–Kier alpha value is -3.02. The molecule has 6 nitrogen and oxygen atoms in total. The predicted molar refractivity (Wildman–Crippen MR) is 87.0 cm³/mol. The number of rotatable bonds is 4. The van der Waals surface area contributed by atoms with Crippen LogP contribution in [0.3, 0.4) is 0 Å². The molecule has 0 radical (unpaired) electrons. The Balaban J connectivity index is 1.36. The maximum absolute atomic E-state index is 12.2. The van der Waals surface area contributed by atoms with E-state index in [0.29, 0.717) is 36.9 Å². The van der Waals surface area contributed by atoms with Crippen LogP contribution in [0, 0.1) is 0 Å². The summed E-state index contributed by atoms with van der Waals surface area (Å²) in [6.45, 7) is 1.24. The highest BCUT2D eigenvalue weighted by Crippen LogP contribution is 2.27. The van der Waals surface area contributed by atoms with Crippen molar-refractivity contribution in [3.63, 3.8) is 0 Å². The van der Waals surface area contributed by atoms with Gasteiger partial charge in [-0.05, 0) is 17.7 Å². The second-order valence-electron chi connectivity index (χ2n) is 5.83. The molecule has 1 saturated heterocycles. The van der Waals surface area contributed by atoms with E-state index in [-0.39, 0.29) is 11.8 Å². The molecule has 0 saturated carbocycles. The summed E-state index contributed by atoms with van der Waals surface area (Å²) < 4.78 is 5.33. The fourth-order valence-corrected chi connectivity index (χ4v) is 2.72. The molecular weight excluding hydrogens is 304 g/mol. The zero-order valence-electron chi connectivity index (χ0n) is 13.0. The first-order valence-corrected chi connectivity index (χ1v) is 7.86. The molecule has 1 fully saturated rings. The fraction of sp³-hybridized carbons (Fsp3) is 0.222. The topological polar surface area (TPSA) is 72.1 Å². The van der Waals surface area contributed by atoms with Gasteiger partial charge in [-0.25, -0.2) is 0 Å². The van der Waals surface area contributed by atoms with Crippen molar-refractivity contribution in [3.8, 4) is 11.5 Å². The van der Waals surface area contributed by atoms with Crippen LogP contribution in [0.5, 0.6) is 0 Å². The minimum Gasteiger partial charge on any atom is -0.341 e. The van der Waals surface area contributed by atoms with Crippen molar-refractivity contribution in [2.45, 2.75) is 12.3 Å². The Morgan fingerprint density at radius 2 is 1.92 bits per heavy atom. The summed E-state index contributed by atoms with van der Waals surface area (Å²) in [5.74, 6) is 1.29. The molecule has 4 rings (SSSR count). The molecule has 1 aliphatic rings. The van der Waals surface area contributed by atoms with Gasteiger partial charge in [0.1, 0.15) is 5.69 Å². The summed E-state index contributed by atoms with van der Waals surface area (Å²) in [6.07, 6.45) is 2.12. The van der Waals surface area contributed by atoms with Gasteiger partial charge < -0.3 is 9.42 Å². The molecule has 0 spiro atoms. The van der Waals surface area contributed by atoms with Crippen molar-refractivity contribution in [1.29, 1.82) is 0 Å². The summed E-state index contributed by atoms with van der Waals surface area (Å²) in [6, 6.07) is 15.3. The molecule has 3 aromatic rings. The number of benzene rings is 1. The van der Waals surface area contributed by atoms with Crippen molar-refractivity contribution in [2.24, 2.45) is 0 Å². The van der Waals surface area contributed by atoms with Crippen LogP contribution in [0.15, 0.2) is 59.3 Å². The van der Waals surface area contributed by atoms with Crippen LogP contribution in [0.2, 0.25) is 0 Å². The Kier molecular flexibility index (Phi) is 3.78. The third kappa shape index (κ3) is 2.90. The number of amides is 1. The van der Waals surface area contributed by atoms with Crippen LogP contribution in [0.1, 0.15) is 17.4 Å². The van der Waals surface area contributed by atoms with Crippen molar-refractivity contribution < 1.29 is 9.32 Å². The Labute approximate surface area is 139 Å². The maximum Gasteiger partial charge on any atom is 0.233 e. The molecule has 1 amide bonds. The summed E-state index contributed by atoms with van der Waals surface area (Å²) >= 11 is 0. The Morgan fingerprint density at radius 3 is 2.67 bits per heavy atom. The lowest BCUT2D eigenvalue weighted by Crippen LogP contribution is -2.49. The SMILES string of the molecule is O=C(Cc1ccccc1)N1CC(c2nc(-c3ccccn3)no2)C1. The quantitative estimate of drug-likeness (QED) is 0.737. The number of likely N-dealkylation sites (tertiary alicyclic amines) is 1. The number of pyridine rings is 1. The molecule has 24 heavy (non-hydrogen) atoms. The summed E-state index contributed by atoms with van der Waals surface area (Å²) in [5, 5.41) is 3.97. The van der Waals surface area contributed by atoms with Crippen LogP contribution in [0.25, 0.3) is 11.5 Å². The van der Waals surface area contributed by atoms with E-state index in [9.17, 15) is 4.79 Å². The van der Waals surface area contributed by atoms with Gasteiger partial charge in [-0.1, -0.05) is 41.6 Å². The number of carbonyl (C=O) groups excluding carboxylic acids is 1. The van der Waals surface area contributed by atoms with Gasteiger partial charge in [-0.15, -0.1) is 0 Å². The van der Waals surface area contributed by atoms with Gasteiger partial charge in [0.05, 0.1) is 12.3 Å². The van der Waals surface area contributed by atoms with Gasteiger partial charge in [0.15, 0.2) is 0 Å². The van der Waals surface area contributed by atoms with Gasteiger partial charge >= 0.3 is 0 Å². The molecule has 0 unspecified atom stereocenters. The van der Waals surface area contributed by atoms with E-state index in [1.807, 2.05) is 53.4 Å². The summed E-state index contributed by atoms with van der Waals surface area (Å²) in [7, 11) is 0. The number of hydrogen-bond acceptors (Lipinski definition) is 5. The molecule has 2 aromatic heterocycles. The largest absolute Gasteiger partial charge is 0.341 e. The van der Waals surface area contributed by atoms with Crippen molar-refractivity contribution in [3.05, 3.63) is 66.2 Å². The second kappa shape index (κ2) is 6.23. The van der Waals surface area contributed by atoms with E-state index in [1.54, 1.807) is 6.20 Å². The Morgan fingerprint density at radius 1 is 1.12 bits per heavy atom.